The Labute approximate surface area is 102 Å². The van der Waals surface area contributed by atoms with Gasteiger partial charge in [-0.15, -0.1) is 0 Å². The first-order valence-corrected chi connectivity index (χ1v) is 5.46. The Bertz CT molecular complexity index is 471. The van der Waals surface area contributed by atoms with Gasteiger partial charge in [-0.1, -0.05) is 0 Å². The van der Waals surface area contributed by atoms with Crippen molar-refractivity contribution in [1.82, 2.24) is 0 Å². The van der Waals surface area contributed by atoms with Gasteiger partial charge in [0.1, 0.15) is 6.04 Å². The Morgan fingerprint density at radius 1 is 1.44 bits per heavy atom. The number of hydrogen-bond donors (Lipinski definition) is 1. The Kier molecular flexibility index (Phi) is 3.19. The first-order chi connectivity index (χ1) is 8.41. The molecule has 1 aliphatic heterocycles. The molecule has 1 aromatic carbocycles. The zero-order valence-electron chi connectivity index (χ0n) is 9.67. The molecule has 0 saturated carbocycles. The zero-order valence-corrected chi connectivity index (χ0v) is 9.67. The Morgan fingerprint density at radius 2 is 2.17 bits per heavy atom. The van der Waals surface area contributed by atoms with Gasteiger partial charge in [0, 0.05) is 5.69 Å². The van der Waals surface area contributed by atoms with Crippen molar-refractivity contribution in [2.24, 2.45) is 0 Å². The van der Waals surface area contributed by atoms with Crippen LogP contribution < -0.4 is 5.32 Å². The van der Waals surface area contributed by atoms with Gasteiger partial charge >= 0.3 is 12.1 Å². The van der Waals surface area contributed by atoms with Gasteiger partial charge in [0.25, 0.3) is 0 Å². The summed E-state index contributed by atoms with van der Waals surface area (Å²) >= 11 is 0. The van der Waals surface area contributed by atoms with Crippen LogP contribution in [-0.2, 0) is 11.2 Å². The first-order valence-electron chi connectivity index (χ1n) is 5.46. The third-order valence-corrected chi connectivity index (χ3v) is 2.95. The average Bonchev–Trinajstić information content (AvgIpc) is 2.35. The first kappa shape index (κ1) is 12.7. The molecule has 0 bridgehead atoms. The van der Waals surface area contributed by atoms with Crippen molar-refractivity contribution in [2.75, 3.05) is 12.4 Å². The average molecular weight is 259 g/mol. The molecule has 0 aromatic heterocycles. The smallest absolute Gasteiger partial charge is 0.408 e. The van der Waals surface area contributed by atoms with Gasteiger partial charge in [0.15, 0.2) is 0 Å². The number of halogens is 3. The normalized spacial score (nSPS) is 18.8. The van der Waals surface area contributed by atoms with Crippen molar-refractivity contribution in [1.29, 1.82) is 0 Å². The predicted octanol–water partition coefficient (Wildman–Crippen LogP) is 2.76. The summed E-state index contributed by atoms with van der Waals surface area (Å²) in [5.74, 6) is -0.490. The molecule has 98 valence electrons. The summed E-state index contributed by atoms with van der Waals surface area (Å²) in [5, 5.41) is 2.44. The molecule has 6 heteroatoms. The van der Waals surface area contributed by atoms with Gasteiger partial charge < -0.3 is 10.1 Å². The number of methoxy groups -OCH3 is 1. The van der Waals surface area contributed by atoms with E-state index in [1.807, 2.05) is 0 Å². The summed E-state index contributed by atoms with van der Waals surface area (Å²) in [6.07, 6.45) is -3.99. The number of fused-ring (bicyclic) bond motifs is 1. The van der Waals surface area contributed by atoms with E-state index < -0.39 is 18.2 Å². The predicted molar refractivity (Wildman–Crippen MR) is 59.6 cm³/mol. The van der Waals surface area contributed by atoms with Crippen LogP contribution in [0, 0.1) is 0 Å². The molecule has 0 radical (unpaired) electrons. The highest BCUT2D eigenvalue weighted by Crippen LogP contribution is 2.33. The number of carbonyl (C=O) groups is 1. The third-order valence-electron chi connectivity index (χ3n) is 2.95. The Balaban J connectivity index is 2.23. The second kappa shape index (κ2) is 4.51. The quantitative estimate of drug-likeness (QED) is 0.788. The van der Waals surface area contributed by atoms with Crippen LogP contribution >= 0.6 is 0 Å². The fraction of sp³-hybridized carbons (Fsp3) is 0.417. The van der Waals surface area contributed by atoms with E-state index in [1.54, 1.807) is 6.07 Å². The van der Waals surface area contributed by atoms with E-state index in [-0.39, 0.29) is 12.8 Å². The van der Waals surface area contributed by atoms with Crippen LogP contribution in [0.15, 0.2) is 18.2 Å². The lowest BCUT2D eigenvalue weighted by atomic mass is 9.96. The molecule has 0 aliphatic carbocycles. The Hall–Kier alpha value is -1.72. The molecule has 3 nitrogen and oxygen atoms in total. The maximum atomic E-state index is 12.6. The van der Waals surface area contributed by atoms with E-state index in [2.05, 4.69) is 10.1 Å². The van der Waals surface area contributed by atoms with Gasteiger partial charge in [0.05, 0.1) is 12.7 Å². The van der Waals surface area contributed by atoms with E-state index in [9.17, 15) is 18.0 Å². The molecule has 0 saturated heterocycles. The van der Waals surface area contributed by atoms with Crippen molar-refractivity contribution in [3.05, 3.63) is 29.3 Å². The number of ether oxygens (including phenoxy) is 1. The van der Waals surface area contributed by atoms with Crippen LogP contribution in [-0.4, -0.2) is 25.3 Å². The zero-order chi connectivity index (χ0) is 13.3. The molecular weight excluding hydrogens is 247 g/mol. The summed E-state index contributed by atoms with van der Waals surface area (Å²) in [4.78, 5) is 11.3. The summed E-state index contributed by atoms with van der Waals surface area (Å²) in [5.41, 5.74) is 1.48. The second-order valence-electron chi connectivity index (χ2n) is 4.14. The van der Waals surface area contributed by atoms with Crippen LogP contribution in [0.1, 0.15) is 22.3 Å². The van der Waals surface area contributed by atoms with E-state index in [0.717, 1.165) is 0 Å². The minimum absolute atomic E-state index is 0.0267. The standard InChI is InChI=1S/C12H12F3NO2/c1-18-11(17)8-2-4-9-7(6-8)3-5-10(16-9)12(13,14)15/h2,4,6,10,16H,3,5H2,1H3/t10-/m0/s1. The van der Waals surface area contributed by atoms with Gasteiger partial charge in [-0.2, -0.15) is 13.2 Å². The molecule has 0 fully saturated rings. The van der Waals surface area contributed by atoms with Crippen LogP contribution in [0.2, 0.25) is 0 Å². The molecule has 1 heterocycles. The number of alkyl halides is 3. The van der Waals surface area contributed by atoms with Crippen LogP contribution in [0.25, 0.3) is 0 Å². The molecule has 1 N–H and O–H groups in total. The monoisotopic (exact) mass is 259 g/mol. The Morgan fingerprint density at radius 3 is 2.78 bits per heavy atom. The molecule has 0 spiro atoms. The minimum Gasteiger partial charge on any atom is -0.465 e. The van der Waals surface area contributed by atoms with Crippen molar-refractivity contribution in [2.45, 2.75) is 25.1 Å². The number of esters is 1. The lowest BCUT2D eigenvalue weighted by Crippen LogP contribution is -2.39. The van der Waals surface area contributed by atoms with Gasteiger partial charge in [-0.05, 0) is 36.6 Å². The number of hydrogen-bond acceptors (Lipinski definition) is 3. The molecule has 0 amide bonds. The summed E-state index contributed by atoms with van der Waals surface area (Å²) in [6, 6.07) is 2.99. The number of rotatable bonds is 1. The highest BCUT2D eigenvalue weighted by atomic mass is 19.4. The molecular formula is C12H12F3NO2. The lowest BCUT2D eigenvalue weighted by Gasteiger charge is -2.28. The highest BCUT2D eigenvalue weighted by molar-refractivity contribution is 5.90. The van der Waals surface area contributed by atoms with E-state index in [4.69, 9.17) is 0 Å². The number of nitrogens with one attached hydrogen (secondary N) is 1. The van der Waals surface area contributed by atoms with Crippen molar-refractivity contribution >= 4 is 11.7 Å². The SMILES string of the molecule is COC(=O)c1ccc2c(c1)CC[C@@H](C(F)(F)F)N2. The van der Waals surface area contributed by atoms with Crippen LogP contribution in [0.3, 0.4) is 0 Å². The summed E-state index contributed by atoms with van der Waals surface area (Å²) < 4.78 is 42.2. The van der Waals surface area contributed by atoms with E-state index in [0.29, 0.717) is 16.8 Å². The second-order valence-corrected chi connectivity index (χ2v) is 4.14. The highest BCUT2D eigenvalue weighted by Gasteiger charge is 2.41. The summed E-state index contributed by atoms with van der Waals surface area (Å²) in [6.45, 7) is 0. The molecule has 1 aliphatic rings. The minimum atomic E-state index is -4.25. The largest absolute Gasteiger partial charge is 0.465 e. The maximum absolute atomic E-state index is 12.6. The number of aryl methyl sites for hydroxylation is 1. The number of anilines is 1. The van der Waals surface area contributed by atoms with Crippen LogP contribution in [0.5, 0.6) is 0 Å². The molecule has 18 heavy (non-hydrogen) atoms. The molecule has 1 aromatic rings. The fourth-order valence-electron chi connectivity index (χ4n) is 1.99. The van der Waals surface area contributed by atoms with E-state index >= 15 is 0 Å². The van der Waals surface area contributed by atoms with Crippen molar-refractivity contribution < 1.29 is 22.7 Å². The maximum Gasteiger partial charge on any atom is 0.408 e. The molecule has 2 rings (SSSR count). The number of benzene rings is 1. The summed E-state index contributed by atoms with van der Waals surface area (Å²) in [7, 11) is 1.26. The molecule has 1 atom stereocenters. The molecule has 0 unspecified atom stereocenters. The van der Waals surface area contributed by atoms with Gasteiger partial charge in [0.2, 0.25) is 0 Å². The van der Waals surface area contributed by atoms with E-state index in [1.165, 1.54) is 19.2 Å². The topological polar surface area (TPSA) is 38.3 Å². The number of carbonyl (C=O) groups excluding carboxylic acids is 1. The van der Waals surface area contributed by atoms with Gasteiger partial charge in [-0.3, -0.25) is 0 Å². The fourth-order valence-corrected chi connectivity index (χ4v) is 1.99. The lowest BCUT2D eigenvalue weighted by molar-refractivity contribution is -0.144. The van der Waals surface area contributed by atoms with Crippen LogP contribution in [0.4, 0.5) is 18.9 Å². The third kappa shape index (κ3) is 2.42. The van der Waals surface area contributed by atoms with Crippen molar-refractivity contribution in [3.8, 4) is 0 Å². The van der Waals surface area contributed by atoms with Crippen molar-refractivity contribution in [3.63, 3.8) is 0 Å². The van der Waals surface area contributed by atoms with Gasteiger partial charge in [-0.25, -0.2) is 4.79 Å².